The quantitative estimate of drug-likeness (QED) is 0.843. The molecule has 0 bridgehead atoms. The zero-order valence-electron chi connectivity index (χ0n) is 12.4. The van der Waals surface area contributed by atoms with Crippen LogP contribution in [0.3, 0.4) is 0 Å². The summed E-state index contributed by atoms with van der Waals surface area (Å²) in [6.45, 7) is 2.32. The van der Waals surface area contributed by atoms with Gasteiger partial charge in [0, 0.05) is 38.9 Å². The van der Waals surface area contributed by atoms with E-state index in [4.69, 9.17) is 4.74 Å². The van der Waals surface area contributed by atoms with Crippen LogP contribution in [0.2, 0.25) is 0 Å². The Morgan fingerprint density at radius 1 is 1.64 bits per heavy atom. The molecular formula is C15H19BrN4O2. The summed E-state index contributed by atoms with van der Waals surface area (Å²) in [6, 6.07) is 1.81. The maximum absolute atomic E-state index is 12.7. The van der Waals surface area contributed by atoms with Gasteiger partial charge in [0.05, 0.1) is 15.6 Å². The fraction of sp³-hybridized carbons (Fsp3) is 0.467. The van der Waals surface area contributed by atoms with Gasteiger partial charge in [-0.1, -0.05) is 0 Å². The van der Waals surface area contributed by atoms with Crippen molar-refractivity contribution in [2.45, 2.75) is 18.4 Å². The lowest BCUT2D eigenvalue weighted by atomic mass is 9.94. The number of hydrogen-bond acceptors (Lipinski definition) is 4. The Hall–Kier alpha value is -1.44. The summed E-state index contributed by atoms with van der Waals surface area (Å²) in [5.41, 5.74) is 1.18. The first-order chi connectivity index (χ1) is 10.6. The number of halogens is 1. The van der Waals surface area contributed by atoms with E-state index in [1.54, 1.807) is 19.5 Å². The summed E-state index contributed by atoms with van der Waals surface area (Å²) in [7, 11) is 1.68. The second-order valence-electron chi connectivity index (χ2n) is 5.64. The molecule has 2 aromatic heterocycles. The minimum Gasteiger partial charge on any atom is -0.385 e. The number of fused-ring (bicyclic) bond motifs is 1. The number of carbonyl (C=O) groups excluding carboxylic acids is 1. The zero-order valence-corrected chi connectivity index (χ0v) is 14.0. The van der Waals surface area contributed by atoms with Crippen LogP contribution in [0.5, 0.6) is 0 Å². The molecule has 0 saturated carbocycles. The lowest BCUT2D eigenvalue weighted by Crippen LogP contribution is -2.50. The standard InChI is InChI=1S/C15H19BrN4O2/c1-22-7-3-15(2-4-17-10-15)19-14(21)11-8-12(16)13-18-5-6-20(13)9-11/h5-6,8-9,17H,2-4,7,10H2,1H3,(H,19,21). The number of aromatic nitrogens is 2. The predicted molar refractivity (Wildman–Crippen MR) is 87.1 cm³/mol. The monoisotopic (exact) mass is 366 g/mol. The number of rotatable bonds is 5. The van der Waals surface area contributed by atoms with E-state index in [9.17, 15) is 4.79 Å². The molecule has 1 unspecified atom stereocenters. The molecule has 2 aromatic rings. The predicted octanol–water partition coefficient (Wildman–Crippen LogP) is 1.60. The number of carbonyl (C=O) groups is 1. The van der Waals surface area contributed by atoms with Gasteiger partial charge in [-0.3, -0.25) is 4.79 Å². The van der Waals surface area contributed by atoms with E-state index in [-0.39, 0.29) is 11.4 Å². The van der Waals surface area contributed by atoms with Crippen LogP contribution < -0.4 is 10.6 Å². The summed E-state index contributed by atoms with van der Waals surface area (Å²) in [5, 5.41) is 6.51. The smallest absolute Gasteiger partial charge is 0.253 e. The van der Waals surface area contributed by atoms with Crippen LogP contribution in [0.25, 0.3) is 5.65 Å². The second kappa shape index (κ2) is 6.36. The molecule has 22 heavy (non-hydrogen) atoms. The molecule has 0 aliphatic carbocycles. The third kappa shape index (κ3) is 3.02. The molecule has 2 N–H and O–H groups in total. The number of hydrogen-bond donors (Lipinski definition) is 2. The first-order valence-electron chi connectivity index (χ1n) is 7.28. The first-order valence-corrected chi connectivity index (χ1v) is 8.07. The van der Waals surface area contributed by atoms with Crippen LogP contribution in [0.4, 0.5) is 0 Å². The van der Waals surface area contributed by atoms with Gasteiger partial charge in [-0.25, -0.2) is 4.98 Å². The summed E-state index contributed by atoms with van der Waals surface area (Å²) in [5.74, 6) is -0.0731. The summed E-state index contributed by atoms with van der Waals surface area (Å²) in [6.07, 6.45) is 7.06. The maximum atomic E-state index is 12.7. The van der Waals surface area contributed by atoms with E-state index in [0.717, 1.165) is 36.1 Å². The normalized spacial score (nSPS) is 21.4. The van der Waals surface area contributed by atoms with Crippen LogP contribution in [0, 0.1) is 0 Å². The second-order valence-corrected chi connectivity index (χ2v) is 6.49. The largest absolute Gasteiger partial charge is 0.385 e. The zero-order chi connectivity index (χ0) is 15.6. The van der Waals surface area contributed by atoms with E-state index >= 15 is 0 Å². The topological polar surface area (TPSA) is 67.7 Å². The highest BCUT2D eigenvalue weighted by Crippen LogP contribution is 2.22. The van der Waals surface area contributed by atoms with Gasteiger partial charge in [-0.05, 0) is 41.4 Å². The molecule has 0 spiro atoms. The molecule has 1 saturated heterocycles. The van der Waals surface area contributed by atoms with Gasteiger partial charge in [0.25, 0.3) is 5.91 Å². The Morgan fingerprint density at radius 3 is 3.23 bits per heavy atom. The SMILES string of the molecule is COCCC1(NC(=O)c2cc(Br)c3nccn3c2)CCNC1. The highest BCUT2D eigenvalue weighted by Gasteiger charge is 2.35. The van der Waals surface area contributed by atoms with Gasteiger partial charge in [-0.2, -0.15) is 0 Å². The van der Waals surface area contributed by atoms with E-state index in [1.165, 1.54) is 0 Å². The van der Waals surface area contributed by atoms with Gasteiger partial charge < -0.3 is 19.8 Å². The van der Waals surface area contributed by atoms with Crippen molar-refractivity contribution in [1.29, 1.82) is 0 Å². The average Bonchev–Trinajstić information content (AvgIpc) is 3.14. The van der Waals surface area contributed by atoms with E-state index < -0.39 is 0 Å². The summed E-state index contributed by atoms with van der Waals surface area (Å²) < 4.78 is 7.83. The third-order valence-corrected chi connectivity index (χ3v) is 4.70. The number of imidazole rings is 1. The Balaban J connectivity index is 1.82. The van der Waals surface area contributed by atoms with Crippen LogP contribution in [0.1, 0.15) is 23.2 Å². The first kappa shape index (κ1) is 15.5. The van der Waals surface area contributed by atoms with E-state index in [0.29, 0.717) is 12.2 Å². The third-order valence-electron chi connectivity index (χ3n) is 4.11. The van der Waals surface area contributed by atoms with E-state index in [1.807, 2.05) is 16.7 Å². The molecule has 3 heterocycles. The van der Waals surface area contributed by atoms with Gasteiger partial charge in [0.15, 0.2) is 5.65 Å². The van der Waals surface area contributed by atoms with E-state index in [2.05, 4.69) is 31.5 Å². The maximum Gasteiger partial charge on any atom is 0.253 e. The molecule has 1 aliphatic rings. The molecule has 1 fully saturated rings. The molecule has 0 aromatic carbocycles. The van der Waals surface area contributed by atoms with Crippen molar-refractivity contribution < 1.29 is 9.53 Å². The van der Waals surface area contributed by atoms with Gasteiger partial charge in [0.1, 0.15) is 0 Å². The van der Waals surface area contributed by atoms with Gasteiger partial charge in [-0.15, -0.1) is 0 Å². The van der Waals surface area contributed by atoms with Crippen LogP contribution in [-0.2, 0) is 4.74 Å². The molecular weight excluding hydrogens is 348 g/mol. The number of nitrogens with zero attached hydrogens (tertiary/aromatic N) is 2. The Morgan fingerprint density at radius 2 is 2.50 bits per heavy atom. The van der Waals surface area contributed by atoms with Crippen molar-refractivity contribution in [3.05, 3.63) is 34.7 Å². The molecule has 0 radical (unpaired) electrons. The van der Waals surface area contributed by atoms with Crippen molar-refractivity contribution in [2.24, 2.45) is 0 Å². The summed E-state index contributed by atoms with van der Waals surface area (Å²) >= 11 is 3.47. The van der Waals surface area contributed by atoms with Crippen molar-refractivity contribution in [2.75, 3.05) is 26.8 Å². The minimum atomic E-state index is -0.233. The molecule has 1 amide bonds. The number of methoxy groups -OCH3 is 1. The number of ether oxygens (including phenoxy) is 1. The van der Waals surface area contributed by atoms with Crippen molar-refractivity contribution in [3.63, 3.8) is 0 Å². The molecule has 1 aliphatic heterocycles. The van der Waals surface area contributed by atoms with Crippen LogP contribution in [-0.4, -0.2) is 47.6 Å². The van der Waals surface area contributed by atoms with Crippen LogP contribution >= 0.6 is 15.9 Å². The van der Waals surface area contributed by atoms with Gasteiger partial charge in [0.2, 0.25) is 0 Å². The average molecular weight is 367 g/mol. The van der Waals surface area contributed by atoms with Crippen molar-refractivity contribution >= 4 is 27.5 Å². The van der Waals surface area contributed by atoms with Gasteiger partial charge >= 0.3 is 0 Å². The lowest BCUT2D eigenvalue weighted by Gasteiger charge is -2.29. The Kier molecular flexibility index (Phi) is 4.46. The Labute approximate surface area is 137 Å². The summed E-state index contributed by atoms with van der Waals surface area (Å²) in [4.78, 5) is 16.9. The minimum absolute atomic E-state index is 0.0731. The molecule has 6 nitrogen and oxygen atoms in total. The molecule has 118 valence electrons. The highest BCUT2D eigenvalue weighted by atomic mass is 79.9. The lowest BCUT2D eigenvalue weighted by molar-refractivity contribution is 0.0875. The van der Waals surface area contributed by atoms with Crippen molar-refractivity contribution in [3.8, 4) is 0 Å². The number of pyridine rings is 1. The molecule has 1 atom stereocenters. The fourth-order valence-electron chi connectivity index (χ4n) is 2.85. The molecule has 3 rings (SSSR count). The Bertz CT molecular complexity index is 679. The highest BCUT2D eigenvalue weighted by molar-refractivity contribution is 9.10. The fourth-order valence-corrected chi connectivity index (χ4v) is 3.41. The number of amides is 1. The number of nitrogens with one attached hydrogen (secondary N) is 2. The molecule has 7 heteroatoms. The van der Waals surface area contributed by atoms with Crippen molar-refractivity contribution in [1.82, 2.24) is 20.0 Å². The van der Waals surface area contributed by atoms with Crippen LogP contribution in [0.15, 0.2) is 29.1 Å².